The van der Waals surface area contributed by atoms with E-state index in [1.807, 2.05) is 0 Å². The smallest absolute Gasteiger partial charge is 0.450 e. The number of benzene rings is 2. The first-order valence-electron chi connectivity index (χ1n) is 15.9. The largest absolute Gasteiger partial charge is 0.503 e. The number of carboxylic acid groups (broad SMARTS) is 2. The summed E-state index contributed by atoms with van der Waals surface area (Å²) in [6.45, 7) is 3.35. The zero-order valence-electron chi connectivity index (χ0n) is 26.6. The number of fused-ring (bicyclic) bond motifs is 1. The van der Waals surface area contributed by atoms with E-state index in [-0.39, 0.29) is 43.8 Å². The second kappa shape index (κ2) is 15.9. The van der Waals surface area contributed by atoms with Crippen molar-refractivity contribution in [2.75, 3.05) is 29.5 Å². The molecule has 3 N–H and O–H groups in total. The number of anilines is 2. The third-order valence-electron chi connectivity index (χ3n) is 8.63. The number of hydrogen-bond acceptors (Lipinski definition) is 7. The number of carbonyl (C=O) groups is 1. The number of aryl methyl sites for hydroxylation is 2. The highest BCUT2D eigenvalue weighted by atomic mass is 19.4. The Hall–Kier alpha value is -4.08. The molecule has 1 heterocycles. The normalized spacial score (nSPS) is 15.1. The summed E-state index contributed by atoms with van der Waals surface area (Å²) in [6.07, 6.45) is -2.86. The van der Waals surface area contributed by atoms with Gasteiger partial charge >= 0.3 is 18.5 Å². The summed E-state index contributed by atoms with van der Waals surface area (Å²) in [4.78, 5) is 13.6. The van der Waals surface area contributed by atoms with Crippen LogP contribution in [0, 0.1) is 5.92 Å². The van der Waals surface area contributed by atoms with E-state index in [0.717, 1.165) is 73.4 Å². The third-order valence-corrected chi connectivity index (χ3v) is 8.63. The van der Waals surface area contributed by atoms with Crippen LogP contribution >= 0.6 is 0 Å². The van der Waals surface area contributed by atoms with E-state index in [2.05, 4.69) is 39.4 Å². The summed E-state index contributed by atoms with van der Waals surface area (Å²) in [5.41, 5.74) is 1.48. The highest BCUT2D eigenvalue weighted by Gasteiger charge is 2.37. The van der Waals surface area contributed by atoms with Gasteiger partial charge in [-0.15, -0.1) is 5.10 Å². The minimum absolute atomic E-state index is 0.0394. The molecule has 0 atom stereocenters. The van der Waals surface area contributed by atoms with Gasteiger partial charge in [0, 0.05) is 31.9 Å². The zero-order valence-corrected chi connectivity index (χ0v) is 26.6. The Morgan fingerprint density at radius 2 is 1.48 bits per heavy atom. The van der Waals surface area contributed by atoms with Crippen molar-refractivity contribution in [3.05, 3.63) is 63.7 Å². The minimum Gasteiger partial charge on any atom is -0.450 e. The predicted octanol–water partition coefficient (Wildman–Crippen LogP) is 7.03. The lowest BCUT2D eigenvalue weighted by Crippen LogP contribution is -2.32. The summed E-state index contributed by atoms with van der Waals surface area (Å²) in [5, 5.41) is 35.6. The first kappa shape index (κ1) is 36.8. The Morgan fingerprint density at radius 1 is 0.875 bits per heavy atom. The number of aliphatic hydroxyl groups is 1. The Bertz CT molecular complexity index is 1490. The molecule has 1 saturated carbocycles. The lowest BCUT2D eigenvalue weighted by Gasteiger charge is -2.33. The molecule has 0 bridgehead atoms. The van der Waals surface area contributed by atoms with Crippen LogP contribution in [0.15, 0.2) is 30.3 Å². The van der Waals surface area contributed by atoms with Crippen molar-refractivity contribution in [1.29, 1.82) is 0 Å². The number of hydrogen-bond donors (Lipinski definition) is 3. The SMILES string of the molecule is CCN(CC1CCCCC1)c1cc2c(cc1CN(Cc1cc(C(F)(F)F)cc(C(F)(F)F)c1)c1nnn(CCO)n1)CCC2.O=C(O)O. The van der Waals surface area contributed by atoms with Crippen LogP contribution in [-0.4, -0.2) is 61.4 Å². The van der Waals surface area contributed by atoms with E-state index in [1.165, 1.54) is 30.4 Å². The number of alkyl halides is 6. The molecule has 2 aliphatic carbocycles. The van der Waals surface area contributed by atoms with Crippen LogP contribution < -0.4 is 9.80 Å². The Balaban J connectivity index is 0.00000123. The van der Waals surface area contributed by atoms with Crippen molar-refractivity contribution >= 4 is 17.8 Å². The van der Waals surface area contributed by atoms with Gasteiger partial charge in [-0.25, -0.2) is 4.79 Å². The van der Waals surface area contributed by atoms with Crippen LogP contribution in [0.1, 0.15) is 78.8 Å². The van der Waals surface area contributed by atoms with E-state index >= 15 is 0 Å². The first-order chi connectivity index (χ1) is 22.7. The van der Waals surface area contributed by atoms with E-state index < -0.39 is 29.6 Å². The second-order valence-electron chi connectivity index (χ2n) is 12.1. The zero-order chi connectivity index (χ0) is 35.1. The van der Waals surface area contributed by atoms with Gasteiger partial charge in [0.25, 0.3) is 5.95 Å². The van der Waals surface area contributed by atoms with E-state index in [4.69, 9.17) is 15.0 Å². The monoisotopic (exact) mass is 686 g/mol. The maximum absolute atomic E-state index is 13.7. The summed E-state index contributed by atoms with van der Waals surface area (Å²) >= 11 is 0. The minimum atomic E-state index is -4.96. The lowest BCUT2D eigenvalue weighted by atomic mass is 9.88. The van der Waals surface area contributed by atoms with Gasteiger partial charge in [0.1, 0.15) is 0 Å². The number of aromatic nitrogens is 4. The van der Waals surface area contributed by atoms with Crippen molar-refractivity contribution in [2.24, 2.45) is 5.92 Å². The van der Waals surface area contributed by atoms with Crippen molar-refractivity contribution in [1.82, 2.24) is 20.2 Å². The van der Waals surface area contributed by atoms with Crippen molar-refractivity contribution in [3.63, 3.8) is 0 Å². The van der Waals surface area contributed by atoms with Crippen LogP contribution in [0.3, 0.4) is 0 Å². The number of tetrazole rings is 1. The van der Waals surface area contributed by atoms with Crippen LogP contribution in [-0.2, 0) is 44.8 Å². The van der Waals surface area contributed by atoms with Gasteiger partial charge < -0.3 is 25.1 Å². The molecular weight excluding hydrogens is 646 g/mol. The molecule has 0 radical (unpaired) electrons. The van der Waals surface area contributed by atoms with Gasteiger partial charge in [0.2, 0.25) is 0 Å². The molecule has 16 heteroatoms. The van der Waals surface area contributed by atoms with Crippen LogP contribution in [0.4, 0.5) is 42.8 Å². The van der Waals surface area contributed by atoms with Gasteiger partial charge in [-0.2, -0.15) is 31.1 Å². The highest BCUT2D eigenvalue weighted by molar-refractivity contribution is 5.60. The van der Waals surface area contributed by atoms with E-state index in [9.17, 15) is 31.4 Å². The van der Waals surface area contributed by atoms with Gasteiger partial charge in [0.05, 0.1) is 24.3 Å². The van der Waals surface area contributed by atoms with Gasteiger partial charge in [0.15, 0.2) is 0 Å². The molecule has 10 nitrogen and oxygen atoms in total. The van der Waals surface area contributed by atoms with E-state index in [1.54, 1.807) is 4.90 Å². The maximum atomic E-state index is 13.7. The molecule has 0 spiro atoms. The summed E-state index contributed by atoms with van der Waals surface area (Å²) in [5.74, 6) is 0.609. The molecule has 1 fully saturated rings. The lowest BCUT2D eigenvalue weighted by molar-refractivity contribution is -0.143. The highest BCUT2D eigenvalue weighted by Crippen LogP contribution is 2.38. The first-order valence-corrected chi connectivity index (χ1v) is 15.9. The Labute approximate surface area is 274 Å². The average molecular weight is 687 g/mol. The van der Waals surface area contributed by atoms with Gasteiger partial charge in [-0.3, -0.25) is 0 Å². The molecule has 0 aliphatic heterocycles. The molecule has 264 valence electrons. The summed E-state index contributed by atoms with van der Waals surface area (Å²) in [6, 6.07) is 5.95. The number of rotatable bonds is 11. The molecule has 0 unspecified atom stereocenters. The molecule has 1 aromatic heterocycles. The molecule has 2 aromatic carbocycles. The maximum Gasteiger partial charge on any atom is 0.503 e. The van der Waals surface area contributed by atoms with Crippen molar-refractivity contribution < 1.29 is 46.5 Å². The molecule has 48 heavy (non-hydrogen) atoms. The fraction of sp³-hybridized carbons (Fsp3) is 0.562. The summed E-state index contributed by atoms with van der Waals surface area (Å²) < 4.78 is 82.1. The standard InChI is InChI=1S/C31H38F6N6O.CH2O3/c1-2-41(18-21-7-4-3-5-8-21)28-16-24-10-6-9-23(24)15-25(28)20-42(29-38-40-43(39-29)11-12-44)19-22-13-26(30(32,33)34)17-27(14-22)31(35,36)37;2-1(3)4/h13-17,21,44H,2-12,18-20H2,1H3;(H2,2,3,4). The van der Waals surface area contributed by atoms with E-state index in [0.29, 0.717) is 5.92 Å². The Morgan fingerprint density at radius 3 is 2.04 bits per heavy atom. The van der Waals surface area contributed by atoms with Gasteiger partial charge in [-0.05, 0) is 96.7 Å². The molecule has 2 aliphatic rings. The van der Waals surface area contributed by atoms with Crippen molar-refractivity contribution in [2.45, 2.75) is 90.3 Å². The number of nitrogens with zero attached hydrogens (tertiary/aromatic N) is 6. The molecule has 3 aromatic rings. The second-order valence-corrected chi connectivity index (χ2v) is 12.1. The predicted molar refractivity (Wildman–Crippen MR) is 165 cm³/mol. The van der Waals surface area contributed by atoms with Gasteiger partial charge in [-0.1, -0.05) is 30.4 Å². The number of aliphatic hydroxyl groups excluding tert-OH is 1. The third kappa shape index (κ3) is 9.97. The van der Waals surface area contributed by atoms with Crippen LogP contribution in [0.2, 0.25) is 0 Å². The topological polar surface area (TPSA) is 128 Å². The van der Waals surface area contributed by atoms with Crippen LogP contribution in [0.5, 0.6) is 0 Å². The fourth-order valence-corrected chi connectivity index (χ4v) is 6.44. The molecule has 5 rings (SSSR count). The average Bonchev–Trinajstić information content (AvgIpc) is 3.68. The molecular formula is C32H40F6N6O4. The molecule has 0 saturated heterocycles. The fourth-order valence-electron chi connectivity index (χ4n) is 6.44. The Kier molecular flexibility index (Phi) is 12.2. The summed E-state index contributed by atoms with van der Waals surface area (Å²) in [7, 11) is 0. The number of halogens is 6. The quantitative estimate of drug-likeness (QED) is 0.182. The van der Waals surface area contributed by atoms with Crippen LogP contribution in [0.25, 0.3) is 0 Å². The molecule has 0 amide bonds. The van der Waals surface area contributed by atoms with Crippen molar-refractivity contribution in [3.8, 4) is 0 Å².